The lowest BCUT2D eigenvalue weighted by Gasteiger charge is -2.12. The molecule has 1 heterocycles. The third-order valence-electron chi connectivity index (χ3n) is 2.42. The highest BCUT2D eigenvalue weighted by molar-refractivity contribution is 5.91. The summed E-state index contributed by atoms with van der Waals surface area (Å²) in [7, 11) is 0. The fraction of sp³-hybridized carbons (Fsp3) is 0.143. The molecule has 2 rings (SSSR count). The van der Waals surface area contributed by atoms with E-state index < -0.39 is 6.09 Å². The smallest absolute Gasteiger partial charge is 0.418 e. The van der Waals surface area contributed by atoms with Crippen LogP contribution < -0.4 is 0 Å². The van der Waals surface area contributed by atoms with Crippen molar-refractivity contribution in [3.05, 3.63) is 60.4 Å². The molecule has 1 aliphatic rings. The molecule has 0 fully saturated rings. The molecular formula is C14H13NO3. The van der Waals surface area contributed by atoms with Crippen molar-refractivity contribution in [1.82, 2.24) is 4.90 Å². The van der Waals surface area contributed by atoms with Gasteiger partial charge in [0.1, 0.15) is 6.61 Å². The Bertz CT molecular complexity index is 491. The molecule has 0 N–H and O–H groups in total. The van der Waals surface area contributed by atoms with Crippen LogP contribution in [0.2, 0.25) is 0 Å². The Morgan fingerprint density at radius 2 is 2.00 bits per heavy atom. The van der Waals surface area contributed by atoms with E-state index in [4.69, 9.17) is 4.74 Å². The monoisotopic (exact) mass is 243 g/mol. The lowest BCUT2D eigenvalue weighted by molar-refractivity contribution is -0.113. The summed E-state index contributed by atoms with van der Waals surface area (Å²) in [6.45, 7) is 0.214. The Morgan fingerprint density at radius 1 is 1.22 bits per heavy atom. The summed E-state index contributed by atoms with van der Waals surface area (Å²) in [5.41, 5.74) is 0.921. The van der Waals surface area contributed by atoms with E-state index in [-0.39, 0.29) is 12.4 Å². The average molecular weight is 243 g/mol. The molecule has 0 atom stereocenters. The number of allylic oxidation sites excluding steroid dienone is 2. The SMILES string of the molecule is O=C1C=CN(C(=O)OCc2ccccc2)C=CC1. The molecule has 0 saturated heterocycles. The van der Waals surface area contributed by atoms with Crippen molar-refractivity contribution in [1.29, 1.82) is 0 Å². The molecule has 18 heavy (non-hydrogen) atoms. The third-order valence-corrected chi connectivity index (χ3v) is 2.42. The fourth-order valence-corrected chi connectivity index (χ4v) is 1.48. The number of amides is 1. The zero-order chi connectivity index (χ0) is 12.8. The van der Waals surface area contributed by atoms with Gasteiger partial charge in [-0.1, -0.05) is 36.4 Å². The molecule has 1 amide bonds. The van der Waals surface area contributed by atoms with Gasteiger partial charge in [0.2, 0.25) is 0 Å². The van der Waals surface area contributed by atoms with Gasteiger partial charge in [-0.15, -0.1) is 0 Å². The van der Waals surface area contributed by atoms with Crippen molar-refractivity contribution in [2.24, 2.45) is 0 Å². The van der Waals surface area contributed by atoms with Crippen LogP contribution in [0.15, 0.2) is 54.9 Å². The molecule has 92 valence electrons. The number of ether oxygens (including phenoxy) is 1. The van der Waals surface area contributed by atoms with Crippen LogP contribution in [-0.4, -0.2) is 16.8 Å². The molecule has 1 aromatic carbocycles. The molecule has 0 saturated carbocycles. The topological polar surface area (TPSA) is 46.6 Å². The normalized spacial score (nSPS) is 14.4. The molecule has 0 radical (unpaired) electrons. The summed E-state index contributed by atoms with van der Waals surface area (Å²) >= 11 is 0. The third kappa shape index (κ3) is 3.31. The number of benzene rings is 1. The average Bonchev–Trinajstić information content (AvgIpc) is 2.62. The number of ketones is 1. The summed E-state index contributed by atoms with van der Waals surface area (Å²) in [4.78, 5) is 24.1. The minimum atomic E-state index is -0.499. The van der Waals surface area contributed by atoms with E-state index in [2.05, 4.69) is 0 Å². The van der Waals surface area contributed by atoms with Gasteiger partial charge in [0.15, 0.2) is 5.78 Å². The van der Waals surface area contributed by atoms with Gasteiger partial charge in [0, 0.05) is 18.8 Å². The maximum atomic E-state index is 11.7. The number of hydrogen-bond donors (Lipinski definition) is 0. The van der Waals surface area contributed by atoms with Crippen LogP contribution in [0.25, 0.3) is 0 Å². The van der Waals surface area contributed by atoms with Crippen LogP contribution >= 0.6 is 0 Å². The van der Waals surface area contributed by atoms with E-state index in [0.717, 1.165) is 5.56 Å². The Kier molecular flexibility index (Phi) is 3.91. The van der Waals surface area contributed by atoms with Crippen LogP contribution in [-0.2, 0) is 16.1 Å². The molecule has 0 spiro atoms. The first kappa shape index (κ1) is 12.1. The number of carbonyl (C=O) groups is 2. The largest absolute Gasteiger partial charge is 0.444 e. The van der Waals surface area contributed by atoms with Crippen LogP contribution in [0.3, 0.4) is 0 Å². The van der Waals surface area contributed by atoms with Crippen LogP contribution in [0.1, 0.15) is 12.0 Å². The molecule has 0 aromatic heterocycles. The lowest BCUT2D eigenvalue weighted by atomic mass is 10.2. The highest BCUT2D eigenvalue weighted by atomic mass is 16.6. The van der Waals surface area contributed by atoms with Crippen molar-refractivity contribution in [3.8, 4) is 0 Å². The first-order valence-electron chi connectivity index (χ1n) is 5.62. The van der Waals surface area contributed by atoms with Crippen molar-refractivity contribution in [2.75, 3.05) is 0 Å². The van der Waals surface area contributed by atoms with Crippen LogP contribution in [0.4, 0.5) is 4.79 Å². The summed E-state index contributed by atoms with van der Waals surface area (Å²) in [5, 5.41) is 0. The van der Waals surface area contributed by atoms with E-state index in [9.17, 15) is 9.59 Å². The van der Waals surface area contributed by atoms with E-state index in [1.54, 1.807) is 6.08 Å². The molecule has 0 bridgehead atoms. The summed E-state index contributed by atoms with van der Waals surface area (Å²) in [6, 6.07) is 9.42. The summed E-state index contributed by atoms with van der Waals surface area (Å²) in [6.07, 6.45) is 5.75. The van der Waals surface area contributed by atoms with Gasteiger partial charge >= 0.3 is 6.09 Å². The lowest BCUT2D eigenvalue weighted by Crippen LogP contribution is -2.20. The van der Waals surface area contributed by atoms with Crippen molar-refractivity contribution < 1.29 is 14.3 Å². The van der Waals surface area contributed by atoms with Gasteiger partial charge in [0.25, 0.3) is 0 Å². The minimum absolute atomic E-state index is 0.0374. The van der Waals surface area contributed by atoms with Gasteiger partial charge in [-0.3, -0.25) is 9.69 Å². The maximum Gasteiger partial charge on any atom is 0.418 e. The first-order chi connectivity index (χ1) is 8.75. The number of hydrogen-bond acceptors (Lipinski definition) is 3. The molecule has 0 aliphatic carbocycles. The minimum Gasteiger partial charge on any atom is -0.444 e. The van der Waals surface area contributed by atoms with Crippen molar-refractivity contribution >= 4 is 11.9 Å². The van der Waals surface area contributed by atoms with E-state index in [1.165, 1.54) is 23.4 Å². The predicted molar refractivity (Wildman–Crippen MR) is 66.4 cm³/mol. The molecule has 4 nitrogen and oxygen atoms in total. The van der Waals surface area contributed by atoms with E-state index in [0.29, 0.717) is 6.42 Å². The Morgan fingerprint density at radius 3 is 2.78 bits per heavy atom. The second-order valence-corrected chi connectivity index (χ2v) is 3.82. The number of rotatable bonds is 2. The second-order valence-electron chi connectivity index (χ2n) is 3.82. The highest BCUT2D eigenvalue weighted by Gasteiger charge is 2.11. The fourth-order valence-electron chi connectivity index (χ4n) is 1.48. The van der Waals surface area contributed by atoms with Crippen LogP contribution in [0, 0.1) is 0 Å². The van der Waals surface area contributed by atoms with E-state index >= 15 is 0 Å². The number of nitrogens with zero attached hydrogens (tertiary/aromatic N) is 1. The molecular weight excluding hydrogens is 230 g/mol. The Labute approximate surface area is 105 Å². The van der Waals surface area contributed by atoms with Crippen molar-refractivity contribution in [2.45, 2.75) is 13.0 Å². The van der Waals surface area contributed by atoms with Gasteiger partial charge in [0.05, 0.1) is 0 Å². The van der Waals surface area contributed by atoms with Gasteiger partial charge in [-0.05, 0) is 11.6 Å². The van der Waals surface area contributed by atoms with Crippen molar-refractivity contribution in [3.63, 3.8) is 0 Å². The standard InChI is InChI=1S/C14H13NO3/c16-13-7-4-9-15(10-8-13)14(17)18-11-12-5-2-1-3-6-12/h1-6,8-10H,7,11H2. The summed E-state index contributed by atoms with van der Waals surface area (Å²) < 4.78 is 5.13. The zero-order valence-corrected chi connectivity index (χ0v) is 9.78. The van der Waals surface area contributed by atoms with E-state index in [1.807, 2.05) is 30.3 Å². The zero-order valence-electron chi connectivity index (χ0n) is 9.78. The molecule has 4 heteroatoms. The summed E-state index contributed by atoms with van der Waals surface area (Å²) in [5.74, 6) is -0.0374. The van der Waals surface area contributed by atoms with Crippen LogP contribution in [0.5, 0.6) is 0 Å². The maximum absolute atomic E-state index is 11.7. The highest BCUT2D eigenvalue weighted by Crippen LogP contribution is 2.07. The quantitative estimate of drug-likeness (QED) is 0.802. The predicted octanol–water partition coefficient (Wildman–Crippen LogP) is 2.63. The molecule has 1 aromatic rings. The Hall–Kier alpha value is -2.36. The number of carbonyl (C=O) groups excluding carboxylic acids is 2. The van der Waals surface area contributed by atoms with Gasteiger partial charge in [-0.2, -0.15) is 0 Å². The molecule has 1 aliphatic heterocycles. The van der Waals surface area contributed by atoms with Gasteiger partial charge in [-0.25, -0.2) is 4.79 Å². The molecule has 0 unspecified atom stereocenters. The second kappa shape index (κ2) is 5.82. The van der Waals surface area contributed by atoms with Gasteiger partial charge < -0.3 is 4.74 Å². The first-order valence-corrected chi connectivity index (χ1v) is 5.62. The Balaban J connectivity index is 1.92.